The zero-order chi connectivity index (χ0) is 54.8. The average Bonchev–Trinajstić information content (AvgIpc) is 3.51. The molecular formula is C71H48IrN3. The van der Waals surface area contributed by atoms with Gasteiger partial charge in [0, 0.05) is 26.8 Å². The average molecular weight is 1140 g/mol. The number of pyridine rings is 3. The summed E-state index contributed by atoms with van der Waals surface area (Å²) >= 11 is 0. The van der Waals surface area contributed by atoms with Gasteiger partial charge < -0.3 is 15.0 Å². The summed E-state index contributed by atoms with van der Waals surface area (Å²) < 4.78 is 46.7. The van der Waals surface area contributed by atoms with E-state index in [0.29, 0.717) is 11.4 Å². The Morgan fingerprint density at radius 1 is 0.293 bits per heavy atom. The fraction of sp³-hybridized carbons (Fsp3) is 0.0282. The summed E-state index contributed by atoms with van der Waals surface area (Å²) in [6.45, 7) is -4.47. The van der Waals surface area contributed by atoms with Crippen LogP contribution in [-0.4, -0.2) is 15.0 Å². The monoisotopic (exact) mass is 1140 g/mol. The minimum Gasteiger partial charge on any atom is -0.305 e. The smallest absolute Gasteiger partial charge is 0.305 e. The molecular weight excluding hydrogens is 1090 g/mol. The van der Waals surface area contributed by atoms with Crippen LogP contribution >= 0.6 is 0 Å². The van der Waals surface area contributed by atoms with Gasteiger partial charge in [-0.05, 0) is 122 Å². The second-order valence-corrected chi connectivity index (χ2v) is 18.1. The molecule has 0 spiro atoms. The number of hydrogen-bond acceptors (Lipinski definition) is 3. The van der Waals surface area contributed by atoms with E-state index in [1.165, 1.54) is 23.5 Å². The van der Waals surface area contributed by atoms with Crippen LogP contribution in [0.4, 0.5) is 0 Å². The van der Waals surface area contributed by atoms with Crippen molar-refractivity contribution in [3.63, 3.8) is 0 Å². The molecule has 356 valence electrons. The van der Waals surface area contributed by atoms with E-state index < -0.39 is 13.7 Å². The summed E-state index contributed by atoms with van der Waals surface area (Å²) in [6, 6.07) is 90.7. The SMILES string of the molecule is [2H]C([2H])([2H])c1ccc(-c2[c-]cc(-c3ccccc3-c3cc(-c4ccccc4-c4c[c-]c(-c5ccc(C([2H])([2H])[2H])cn5)cc4)cc(-c4ccccc4-c4c[c-]c(-c5cc(-c6ccc(-c7ccccc7)cc6)ccn5)cc4)c3)cc2)nc1.[Ir+3]. The molecule has 3 aromatic heterocycles. The molecule has 0 fully saturated rings. The Labute approximate surface area is 461 Å². The zero-order valence-corrected chi connectivity index (χ0v) is 42.8. The second kappa shape index (κ2) is 21.7. The Balaban J connectivity index is 0.00000690. The van der Waals surface area contributed by atoms with Crippen molar-refractivity contribution in [2.75, 3.05) is 0 Å². The van der Waals surface area contributed by atoms with Crippen molar-refractivity contribution >= 4 is 0 Å². The summed E-state index contributed by atoms with van der Waals surface area (Å²) in [5, 5.41) is 0. The molecule has 0 saturated heterocycles. The third-order valence-electron chi connectivity index (χ3n) is 13.5. The van der Waals surface area contributed by atoms with Crippen molar-refractivity contribution in [2.45, 2.75) is 13.7 Å². The quantitative estimate of drug-likeness (QED) is 0.121. The van der Waals surface area contributed by atoms with Gasteiger partial charge in [0.05, 0.1) is 0 Å². The molecule has 3 heterocycles. The first-order valence-electron chi connectivity index (χ1n) is 27.5. The fourth-order valence-corrected chi connectivity index (χ4v) is 9.66. The summed E-state index contributed by atoms with van der Waals surface area (Å²) in [7, 11) is 0. The van der Waals surface area contributed by atoms with Gasteiger partial charge in [0.25, 0.3) is 0 Å². The molecule has 0 saturated carbocycles. The molecule has 0 aliphatic carbocycles. The van der Waals surface area contributed by atoms with E-state index in [1.54, 1.807) is 24.3 Å². The summed E-state index contributed by atoms with van der Waals surface area (Å²) in [4.78, 5) is 13.7. The molecule has 0 aliphatic rings. The normalized spacial score (nSPS) is 12.5. The van der Waals surface area contributed by atoms with Crippen molar-refractivity contribution in [3.05, 3.63) is 285 Å². The van der Waals surface area contributed by atoms with Crippen molar-refractivity contribution in [2.24, 2.45) is 0 Å². The van der Waals surface area contributed by atoms with E-state index in [4.69, 9.17) is 13.2 Å². The fourth-order valence-electron chi connectivity index (χ4n) is 9.66. The Kier molecular flexibility index (Phi) is 12.0. The Morgan fingerprint density at radius 2 is 0.653 bits per heavy atom. The Morgan fingerprint density at radius 3 is 1.03 bits per heavy atom. The maximum atomic E-state index is 7.79. The van der Waals surface area contributed by atoms with Crippen LogP contribution in [0.5, 0.6) is 0 Å². The molecule has 0 radical (unpaired) electrons. The molecule has 75 heavy (non-hydrogen) atoms. The van der Waals surface area contributed by atoms with Crippen LogP contribution in [0, 0.1) is 31.9 Å². The first kappa shape index (κ1) is 41.5. The molecule has 0 atom stereocenters. The van der Waals surface area contributed by atoms with Crippen LogP contribution < -0.4 is 0 Å². The van der Waals surface area contributed by atoms with Crippen molar-refractivity contribution in [1.82, 2.24) is 15.0 Å². The molecule has 0 amide bonds. The maximum absolute atomic E-state index is 7.79. The minimum atomic E-state index is -2.23. The van der Waals surface area contributed by atoms with Crippen LogP contribution in [0.15, 0.2) is 255 Å². The second-order valence-electron chi connectivity index (χ2n) is 18.1. The van der Waals surface area contributed by atoms with E-state index in [2.05, 4.69) is 192 Å². The van der Waals surface area contributed by atoms with E-state index in [9.17, 15) is 0 Å². The topological polar surface area (TPSA) is 38.7 Å². The Hall–Kier alpha value is -8.92. The largest absolute Gasteiger partial charge is 3.00 e. The summed E-state index contributed by atoms with van der Waals surface area (Å²) in [6.07, 6.45) is 4.68. The van der Waals surface area contributed by atoms with Crippen LogP contribution in [0.1, 0.15) is 19.4 Å². The zero-order valence-electron chi connectivity index (χ0n) is 46.4. The molecule has 0 bridgehead atoms. The van der Waals surface area contributed by atoms with Gasteiger partial charge in [0.2, 0.25) is 0 Å². The van der Waals surface area contributed by atoms with Crippen LogP contribution in [0.2, 0.25) is 0 Å². The number of benzene rings is 9. The van der Waals surface area contributed by atoms with E-state index in [1.807, 2.05) is 54.7 Å². The van der Waals surface area contributed by atoms with E-state index in [0.717, 1.165) is 100 Å². The predicted molar refractivity (Wildman–Crippen MR) is 306 cm³/mol. The van der Waals surface area contributed by atoms with Gasteiger partial charge >= 0.3 is 20.1 Å². The molecule has 9 aromatic carbocycles. The minimum absolute atomic E-state index is 0. The van der Waals surface area contributed by atoms with Gasteiger partial charge in [-0.25, -0.2) is 0 Å². The number of hydrogen-bond donors (Lipinski definition) is 0. The predicted octanol–water partition coefficient (Wildman–Crippen LogP) is 18.2. The molecule has 12 rings (SSSR count). The van der Waals surface area contributed by atoms with Crippen molar-refractivity contribution in [3.8, 4) is 123 Å². The summed E-state index contributed by atoms with van der Waals surface area (Å²) in [5.74, 6) is 0. The van der Waals surface area contributed by atoms with E-state index >= 15 is 0 Å². The molecule has 0 aliphatic heterocycles. The molecule has 12 aromatic rings. The maximum Gasteiger partial charge on any atom is 3.00 e. The van der Waals surface area contributed by atoms with E-state index in [-0.39, 0.29) is 31.2 Å². The number of aromatic nitrogens is 3. The molecule has 3 nitrogen and oxygen atoms in total. The first-order valence-corrected chi connectivity index (χ1v) is 24.5. The first-order chi connectivity index (χ1) is 38.9. The number of aryl methyl sites for hydroxylation is 2. The summed E-state index contributed by atoms with van der Waals surface area (Å²) in [5.41, 5.74) is 21.7. The number of rotatable bonds is 11. The molecule has 0 unspecified atom stereocenters. The van der Waals surface area contributed by atoms with Gasteiger partial charge in [0.1, 0.15) is 0 Å². The van der Waals surface area contributed by atoms with Crippen LogP contribution in [0.3, 0.4) is 0 Å². The van der Waals surface area contributed by atoms with Crippen LogP contribution in [-0.2, 0) is 20.1 Å². The van der Waals surface area contributed by atoms with Gasteiger partial charge in [-0.2, -0.15) is 0 Å². The third kappa shape index (κ3) is 10.4. The number of nitrogens with zero attached hydrogens (tertiary/aromatic N) is 3. The molecule has 4 heteroatoms. The third-order valence-corrected chi connectivity index (χ3v) is 13.5. The Bertz CT molecular complexity index is 3980. The van der Waals surface area contributed by atoms with Gasteiger partial charge in [-0.1, -0.05) is 191 Å². The van der Waals surface area contributed by atoms with Crippen molar-refractivity contribution in [1.29, 1.82) is 0 Å². The van der Waals surface area contributed by atoms with Crippen molar-refractivity contribution < 1.29 is 28.3 Å². The van der Waals surface area contributed by atoms with Crippen LogP contribution in [0.25, 0.3) is 123 Å². The van der Waals surface area contributed by atoms with Gasteiger partial charge in [-0.3, -0.25) is 0 Å². The van der Waals surface area contributed by atoms with Gasteiger partial charge in [0.15, 0.2) is 0 Å². The molecule has 0 N–H and O–H groups in total. The standard InChI is InChI=1S/C71H48N3.Ir/c1-48-20-38-69(73-46-48)56-32-26-53(27-33-56)63-14-6-9-17-66(63)60-42-61(67-18-10-7-15-64(67)54-28-34-57(35-29-54)70-39-21-49(2)47-74-70)44-62(43-60)68-19-11-8-16-65(68)55-30-36-58(37-31-55)71-45-59(40-41-72-71)52-24-22-51(23-25-52)50-12-4-3-5-13-50;/h3-32,34,36,38-47H,1-2H3;/q-3;+3/i1D3,2D3;. The van der Waals surface area contributed by atoms with Gasteiger partial charge in [-0.15, -0.1) is 89.5 Å².